The van der Waals surface area contributed by atoms with Crippen LogP contribution in [0.5, 0.6) is 0 Å². The third-order valence-electron chi connectivity index (χ3n) is 6.44. The van der Waals surface area contributed by atoms with Crippen LogP contribution in [0.25, 0.3) is 16.7 Å². The fourth-order valence-electron chi connectivity index (χ4n) is 4.74. The van der Waals surface area contributed by atoms with Gasteiger partial charge in [0.05, 0.1) is 10.9 Å². The molecule has 2 aromatic heterocycles. The van der Waals surface area contributed by atoms with Gasteiger partial charge in [-0.25, -0.2) is 0 Å². The Balaban J connectivity index is 1.34. The molecule has 3 heterocycles. The topological polar surface area (TPSA) is 75.7 Å². The molecule has 0 atom stereocenters. The molecule has 0 N–H and O–H groups in total. The monoisotopic (exact) mass is 458 g/mol. The highest BCUT2D eigenvalue weighted by Gasteiger charge is 2.23. The van der Waals surface area contributed by atoms with Gasteiger partial charge in [0.25, 0.3) is 5.56 Å². The predicted molar refractivity (Wildman–Crippen MR) is 133 cm³/mol. The van der Waals surface area contributed by atoms with Crippen LogP contribution in [0.4, 0.5) is 5.69 Å². The summed E-state index contributed by atoms with van der Waals surface area (Å²) in [5.74, 6) is 1.67. The Morgan fingerprint density at radius 3 is 2.38 bits per heavy atom. The molecule has 8 nitrogen and oxygen atoms in total. The van der Waals surface area contributed by atoms with Gasteiger partial charge >= 0.3 is 0 Å². The Hall–Kier alpha value is -3.68. The lowest BCUT2D eigenvalue weighted by atomic mass is 10.2. The molecule has 0 spiro atoms. The molecule has 2 aromatic carbocycles. The number of aryl methyl sites for hydroxylation is 1. The minimum atomic E-state index is -0.0527. The fourth-order valence-corrected chi connectivity index (χ4v) is 4.74. The normalized spacial score (nSPS) is 14.4. The minimum absolute atomic E-state index is 0.0527. The van der Waals surface area contributed by atoms with Crippen molar-refractivity contribution >= 4 is 28.3 Å². The van der Waals surface area contributed by atoms with Gasteiger partial charge in [0.15, 0.2) is 0 Å². The zero-order valence-corrected chi connectivity index (χ0v) is 19.7. The van der Waals surface area contributed by atoms with Crippen molar-refractivity contribution in [3.63, 3.8) is 0 Å². The van der Waals surface area contributed by atoms with E-state index in [-0.39, 0.29) is 11.5 Å². The number of hydrogen-bond acceptors (Lipinski definition) is 5. The molecule has 0 radical (unpaired) electrons. The number of hydrogen-bond donors (Lipinski definition) is 0. The smallest absolute Gasteiger partial charge is 0.262 e. The van der Waals surface area contributed by atoms with Crippen LogP contribution in [0.2, 0.25) is 0 Å². The number of piperazine rings is 1. The fraction of sp³-hybridized carbons (Fsp3) is 0.385. The number of nitrogens with zero attached hydrogens (tertiary/aromatic N) is 6. The third kappa shape index (κ3) is 4.16. The summed E-state index contributed by atoms with van der Waals surface area (Å²) in [6, 6.07) is 17.9. The summed E-state index contributed by atoms with van der Waals surface area (Å²) in [6.07, 6.45) is 0.840. The molecule has 176 valence electrons. The molecular formula is C26H30N6O2. The average molecular weight is 459 g/mol. The molecule has 1 amide bonds. The van der Waals surface area contributed by atoms with Gasteiger partial charge in [0, 0.05) is 51.3 Å². The molecule has 1 saturated heterocycles. The molecular weight excluding hydrogens is 428 g/mol. The number of carbonyl (C=O) groups is 1. The first-order valence-electron chi connectivity index (χ1n) is 12.0. The molecule has 1 fully saturated rings. The van der Waals surface area contributed by atoms with Crippen molar-refractivity contribution in [3.05, 3.63) is 70.8 Å². The van der Waals surface area contributed by atoms with E-state index in [0.29, 0.717) is 55.4 Å². The molecule has 0 saturated carbocycles. The van der Waals surface area contributed by atoms with E-state index in [0.717, 1.165) is 18.6 Å². The predicted octanol–water partition coefficient (Wildman–Crippen LogP) is 2.98. The quantitative estimate of drug-likeness (QED) is 0.444. The first-order chi connectivity index (χ1) is 16.5. The van der Waals surface area contributed by atoms with Crippen molar-refractivity contribution in [2.75, 3.05) is 31.1 Å². The SMILES string of the molecule is CC(C)Cn1c(=O)c2ccccc2n2c(CCC(=O)N3CCN(c4ccccc4)CC3)nnc12. The van der Waals surface area contributed by atoms with Gasteiger partial charge in [-0.05, 0) is 30.2 Å². The number of carbonyl (C=O) groups excluding carboxylic acids is 1. The number of amides is 1. The van der Waals surface area contributed by atoms with Crippen LogP contribution in [0, 0.1) is 5.92 Å². The number of benzene rings is 2. The summed E-state index contributed by atoms with van der Waals surface area (Å²) in [5, 5.41) is 9.40. The van der Waals surface area contributed by atoms with Crippen molar-refractivity contribution < 1.29 is 4.79 Å². The van der Waals surface area contributed by atoms with E-state index in [2.05, 4.69) is 41.1 Å². The highest BCUT2D eigenvalue weighted by atomic mass is 16.2. The standard InChI is InChI=1S/C26H30N6O2/c1-19(2)18-31-25(34)21-10-6-7-11-22(21)32-23(27-28-26(31)32)12-13-24(33)30-16-14-29(15-17-30)20-8-4-3-5-9-20/h3-11,19H,12-18H2,1-2H3. The average Bonchev–Trinajstić information content (AvgIpc) is 3.29. The zero-order chi connectivity index (χ0) is 23.7. The number of para-hydroxylation sites is 2. The van der Waals surface area contributed by atoms with E-state index < -0.39 is 0 Å². The van der Waals surface area contributed by atoms with Gasteiger partial charge < -0.3 is 9.80 Å². The van der Waals surface area contributed by atoms with E-state index in [4.69, 9.17) is 0 Å². The maximum Gasteiger partial charge on any atom is 0.262 e. The zero-order valence-electron chi connectivity index (χ0n) is 19.7. The maximum atomic E-state index is 13.1. The number of anilines is 1. The van der Waals surface area contributed by atoms with Crippen molar-refractivity contribution in [1.82, 2.24) is 24.1 Å². The Morgan fingerprint density at radius 2 is 1.65 bits per heavy atom. The Morgan fingerprint density at radius 1 is 0.941 bits per heavy atom. The molecule has 1 aliphatic heterocycles. The van der Waals surface area contributed by atoms with Gasteiger partial charge in [-0.1, -0.05) is 44.2 Å². The van der Waals surface area contributed by atoms with E-state index in [1.807, 2.05) is 51.8 Å². The van der Waals surface area contributed by atoms with Crippen LogP contribution in [0.15, 0.2) is 59.4 Å². The molecule has 5 rings (SSSR count). The Labute approximate surface area is 198 Å². The van der Waals surface area contributed by atoms with Crippen molar-refractivity contribution in [2.24, 2.45) is 5.92 Å². The van der Waals surface area contributed by atoms with Crippen LogP contribution in [0.1, 0.15) is 26.1 Å². The van der Waals surface area contributed by atoms with Crippen molar-refractivity contribution in [2.45, 2.75) is 33.2 Å². The minimum Gasteiger partial charge on any atom is -0.368 e. The lowest BCUT2D eigenvalue weighted by Gasteiger charge is -2.36. The molecule has 4 aromatic rings. The van der Waals surface area contributed by atoms with Gasteiger partial charge in [0.2, 0.25) is 11.7 Å². The molecule has 0 aliphatic carbocycles. The van der Waals surface area contributed by atoms with E-state index >= 15 is 0 Å². The second-order valence-electron chi connectivity index (χ2n) is 9.28. The van der Waals surface area contributed by atoms with Crippen LogP contribution >= 0.6 is 0 Å². The lowest BCUT2D eigenvalue weighted by Crippen LogP contribution is -2.48. The van der Waals surface area contributed by atoms with E-state index in [9.17, 15) is 9.59 Å². The van der Waals surface area contributed by atoms with Crippen LogP contribution in [0.3, 0.4) is 0 Å². The van der Waals surface area contributed by atoms with E-state index in [1.165, 1.54) is 5.69 Å². The van der Waals surface area contributed by atoms with Gasteiger partial charge in [-0.3, -0.25) is 18.6 Å². The summed E-state index contributed by atoms with van der Waals surface area (Å²) in [5.41, 5.74) is 1.93. The number of rotatable bonds is 6. The molecule has 0 unspecified atom stereocenters. The summed E-state index contributed by atoms with van der Waals surface area (Å²) in [7, 11) is 0. The summed E-state index contributed by atoms with van der Waals surface area (Å²) < 4.78 is 3.65. The molecule has 8 heteroatoms. The highest BCUT2D eigenvalue weighted by molar-refractivity contribution is 5.80. The summed E-state index contributed by atoms with van der Waals surface area (Å²) in [4.78, 5) is 30.4. The number of aromatic nitrogens is 4. The second-order valence-corrected chi connectivity index (χ2v) is 9.28. The highest BCUT2D eigenvalue weighted by Crippen LogP contribution is 2.18. The summed E-state index contributed by atoms with van der Waals surface area (Å²) >= 11 is 0. The van der Waals surface area contributed by atoms with Gasteiger partial charge in [-0.15, -0.1) is 10.2 Å². The molecule has 0 bridgehead atoms. The molecule has 1 aliphatic rings. The van der Waals surface area contributed by atoms with E-state index in [1.54, 1.807) is 4.57 Å². The maximum absolute atomic E-state index is 13.1. The second kappa shape index (κ2) is 9.29. The lowest BCUT2D eigenvalue weighted by molar-refractivity contribution is -0.131. The Bertz CT molecular complexity index is 1370. The van der Waals surface area contributed by atoms with Gasteiger partial charge in [0.1, 0.15) is 5.82 Å². The van der Waals surface area contributed by atoms with Crippen LogP contribution in [-0.4, -0.2) is 56.2 Å². The third-order valence-corrected chi connectivity index (χ3v) is 6.44. The summed E-state index contributed by atoms with van der Waals surface area (Å²) in [6.45, 7) is 7.80. The Kier molecular flexibility index (Phi) is 6.04. The first-order valence-corrected chi connectivity index (χ1v) is 12.0. The largest absolute Gasteiger partial charge is 0.368 e. The first kappa shape index (κ1) is 22.1. The van der Waals surface area contributed by atoms with Crippen molar-refractivity contribution in [3.8, 4) is 0 Å². The van der Waals surface area contributed by atoms with Crippen LogP contribution < -0.4 is 10.5 Å². The molecule has 34 heavy (non-hydrogen) atoms. The van der Waals surface area contributed by atoms with Crippen molar-refractivity contribution in [1.29, 1.82) is 0 Å². The number of fused-ring (bicyclic) bond motifs is 3. The van der Waals surface area contributed by atoms with Crippen LogP contribution in [-0.2, 0) is 17.8 Å². The van der Waals surface area contributed by atoms with Gasteiger partial charge in [-0.2, -0.15) is 0 Å².